The molecule has 0 radical (unpaired) electrons. The zero-order valence-corrected chi connectivity index (χ0v) is 16.5. The number of nitrogens with zero attached hydrogens (tertiary/aromatic N) is 2. The van der Waals surface area contributed by atoms with E-state index in [1.165, 1.54) is 11.3 Å². The van der Waals surface area contributed by atoms with Crippen LogP contribution in [0.4, 0.5) is 0 Å². The van der Waals surface area contributed by atoms with Crippen LogP contribution in [0.15, 0.2) is 29.6 Å². The van der Waals surface area contributed by atoms with Crippen molar-refractivity contribution in [2.24, 2.45) is 0 Å². The topological polar surface area (TPSA) is 68.7 Å². The van der Waals surface area contributed by atoms with Crippen LogP contribution in [0.3, 0.4) is 0 Å². The van der Waals surface area contributed by atoms with Crippen molar-refractivity contribution in [3.05, 3.63) is 35.3 Å². The van der Waals surface area contributed by atoms with Gasteiger partial charge in [0.25, 0.3) is 5.91 Å². The number of carbonyl (C=O) groups is 2. The molecule has 0 bridgehead atoms. The van der Waals surface area contributed by atoms with E-state index < -0.39 is 12.1 Å². The number of aromatic nitrogens is 1. The molecule has 6 nitrogen and oxygen atoms in total. The van der Waals surface area contributed by atoms with Gasteiger partial charge in [0.1, 0.15) is 10.8 Å². The van der Waals surface area contributed by atoms with Crippen LogP contribution in [0.25, 0.3) is 10.6 Å². The second kappa shape index (κ2) is 8.99. The minimum Gasteiger partial charge on any atom is -0.493 e. The Balaban J connectivity index is 1.60. The van der Waals surface area contributed by atoms with Crippen molar-refractivity contribution in [1.82, 2.24) is 9.88 Å². The zero-order valence-electron chi connectivity index (χ0n) is 15.6. The largest absolute Gasteiger partial charge is 0.493 e. The van der Waals surface area contributed by atoms with Crippen molar-refractivity contribution in [3.63, 3.8) is 0 Å². The van der Waals surface area contributed by atoms with Gasteiger partial charge in [-0.1, -0.05) is 12.1 Å². The fourth-order valence-corrected chi connectivity index (χ4v) is 3.92. The molecule has 1 saturated heterocycles. The van der Waals surface area contributed by atoms with Gasteiger partial charge in [0, 0.05) is 18.5 Å². The van der Waals surface area contributed by atoms with Crippen LogP contribution in [0.5, 0.6) is 5.75 Å². The number of hydrogen-bond donors (Lipinski definition) is 0. The molecule has 0 N–H and O–H groups in total. The van der Waals surface area contributed by atoms with Crippen LogP contribution in [-0.2, 0) is 20.7 Å². The van der Waals surface area contributed by atoms with Gasteiger partial charge >= 0.3 is 5.97 Å². The second-order valence-corrected chi connectivity index (χ2v) is 7.27. The molecule has 2 aromatic rings. The van der Waals surface area contributed by atoms with E-state index in [1.54, 1.807) is 11.8 Å². The van der Waals surface area contributed by atoms with E-state index in [0.29, 0.717) is 12.3 Å². The number of esters is 1. The Bertz CT molecular complexity index is 799. The molecule has 0 spiro atoms. The van der Waals surface area contributed by atoms with Crippen molar-refractivity contribution >= 4 is 23.2 Å². The zero-order chi connectivity index (χ0) is 19.2. The molecule has 0 aliphatic carbocycles. The summed E-state index contributed by atoms with van der Waals surface area (Å²) >= 11 is 1.46. The fraction of sp³-hybridized carbons (Fsp3) is 0.450. The Morgan fingerprint density at radius 2 is 2.00 bits per heavy atom. The highest BCUT2D eigenvalue weighted by atomic mass is 32.1. The summed E-state index contributed by atoms with van der Waals surface area (Å²) in [6, 6.07) is 7.69. The summed E-state index contributed by atoms with van der Waals surface area (Å²) in [4.78, 5) is 30.7. The molecule has 1 aliphatic rings. The predicted molar refractivity (Wildman–Crippen MR) is 104 cm³/mol. The third-order valence-corrected chi connectivity index (χ3v) is 5.29. The van der Waals surface area contributed by atoms with Crippen LogP contribution in [0.1, 0.15) is 32.4 Å². The lowest BCUT2D eigenvalue weighted by atomic mass is 10.2. The number of para-hydroxylation sites is 1. The van der Waals surface area contributed by atoms with Crippen molar-refractivity contribution < 1.29 is 19.1 Å². The van der Waals surface area contributed by atoms with E-state index in [0.717, 1.165) is 42.3 Å². The highest BCUT2D eigenvalue weighted by molar-refractivity contribution is 7.13. The maximum absolute atomic E-state index is 12.2. The molecule has 144 valence electrons. The molecular formula is C20H24N2O4S. The number of carbonyl (C=O) groups excluding carboxylic acids is 2. The number of amides is 1. The van der Waals surface area contributed by atoms with Gasteiger partial charge < -0.3 is 14.4 Å². The molecule has 2 heterocycles. The summed E-state index contributed by atoms with van der Waals surface area (Å²) in [5, 5.41) is 2.63. The molecule has 3 rings (SSSR count). The lowest BCUT2D eigenvalue weighted by molar-refractivity contribution is -0.158. The molecule has 7 heteroatoms. The predicted octanol–water partition coefficient (Wildman–Crippen LogP) is 3.31. The Labute approximate surface area is 163 Å². The smallest absolute Gasteiger partial charge is 0.312 e. The van der Waals surface area contributed by atoms with Crippen LogP contribution < -0.4 is 4.74 Å². The minimum atomic E-state index is -0.757. The lowest BCUT2D eigenvalue weighted by Crippen LogP contribution is -2.38. The summed E-state index contributed by atoms with van der Waals surface area (Å²) in [6.07, 6.45) is 1.31. The van der Waals surface area contributed by atoms with E-state index in [2.05, 4.69) is 4.98 Å². The molecule has 27 heavy (non-hydrogen) atoms. The first-order chi connectivity index (χ1) is 13.1. The van der Waals surface area contributed by atoms with Crippen LogP contribution >= 0.6 is 11.3 Å². The summed E-state index contributed by atoms with van der Waals surface area (Å²) in [5.41, 5.74) is 1.54. The number of hydrogen-bond acceptors (Lipinski definition) is 6. The van der Waals surface area contributed by atoms with Gasteiger partial charge in [-0.3, -0.25) is 9.59 Å². The Morgan fingerprint density at radius 1 is 1.26 bits per heavy atom. The number of ether oxygens (including phenoxy) is 2. The summed E-state index contributed by atoms with van der Waals surface area (Å²) in [7, 11) is 0. The van der Waals surface area contributed by atoms with Crippen LogP contribution in [0.2, 0.25) is 0 Å². The van der Waals surface area contributed by atoms with Crippen molar-refractivity contribution in [2.75, 3.05) is 19.7 Å². The number of thiazole rings is 1. The maximum atomic E-state index is 12.2. The molecule has 1 amide bonds. The monoisotopic (exact) mass is 388 g/mol. The van der Waals surface area contributed by atoms with Crippen molar-refractivity contribution in [1.29, 1.82) is 0 Å². The molecule has 1 aromatic heterocycles. The molecule has 0 saturated carbocycles. The molecular weight excluding hydrogens is 364 g/mol. The third kappa shape index (κ3) is 4.86. The third-order valence-electron chi connectivity index (χ3n) is 4.37. The van der Waals surface area contributed by atoms with Gasteiger partial charge in [0.05, 0.1) is 24.3 Å². The van der Waals surface area contributed by atoms with E-state index in [-0.39, 0.29) is 12.3 Å². The van der Waals surface area contributed by atoms with Gasteiger partial charge in [-0.2, -0.15) is 0 Å². The fourth-order valence-electron chi connectivity index (χ4n) is 3.07. The number of likely N-dealkylation sites (tertiary alicyclic amines) is 1. The first-order valence-electron chi connectivity index (χ1n) is 9.23. The molecule has 1 aromatic carbocycles. The van der Waals surface area contributed by atoms with Gasteiger partial charge in [-0.05, 0) is 38.8 Å². The Morgan fingerprint density at radius 3 is 2.74 bits per heavy atom. The van der Waals surface area contributed by atoms with Crippen molar-refractivity contribution in [3.8, 4) is 16.3 Å². The van der Waals surface area contributed by atoms with E-state index in [9.17, 15) is 9.59 Å². The average molecular weight is 388 g/mol. The highest BCUT2D eigenvalue weighted by Gasteiger charge is 2.26. The minimum absolute atomic E-state index is 0.0465. The number of benzene rings is 1. The number of rotatable bonds is 7. The van der Waals surface area contributed by atoms with Gasteiger partial charge in [0.2, 0.25) is 0 Å². The molecule has 1 aliphatic heterocycles. The SMILES string of the molecule is CCOc1ccccc1-c1nc(CC(=O)OC(C)C(=O)N2CCCC2)cs1. The van der Waals surface area contributed by atoms with E-state index in [4.69, 9.17) is 9.47 Å². The molecule has 1 unspecified atom stereocenters. The maximum Gasteiger partial charge on any atom is 0.312 e. The molecule has 1 fully saturated rings. The van der Waals surface area contributed by atoms with Crippen molar-refractivity contribution in [2.45, 2.75) is 39.2 Å². The second-order valence-electron chi connectivity index (χ2n) is 6.41. The van der Waals surface area contributed by atoms with E-state index in [1.807, 2.05) is 36.6 Å². The van der Waals surface area contributed by atoms with Gasteiger partial charge in [0.15, 0.2) is 6.10 Å². The molecule has 1 atom stereocenters. The van der Waals surface area contributed by atoms with E-state index >= 15 is 0 Å². The first-order valence-corrected chi connectivity index (χ1v) is 10.1. The van der Waals surface area contributed by atoms with Gasteiger partial charge in [-0.15, -0.1) is 11.3 Å². The first kappa shape index (κ1) is 19.4. The van der Waals surface area contributed by atoms with Crippen LogP contribution in [0, 0.1) is 0 Å². The summed E-state index contributed by atoms with van der Waals surface area (Å²) in [5.74, 6) is 0.212. The summed E-state index contributed by atoms with van der Waals surface area (Å²) in [6.45, 7) is 5.63. The average Bonchev–Trinajstić information content (AvgIpc) is 3.34. The summed E-state index contributed by atoms with van der Waals surface area (Å²) < 4.78 is 11.0. The van der Waals surface area contributed by atoms with Crippen LogP contribution in [-0.4, -0.2) is 47.6 Å². The standard InChI is InChI=1S/C20H24N2O4S/c1-3-25-17-9-5-4-8-16(17)19-21-15(13-27-19)12-18(23)26-14(2)20(24)22-10-6-7-11-22/h4-5,8-9,13-14H,3,6-7,10-12H2,1-2H3. The van der Waals surface area contributed by atoms with Gasteiger partial charge in [-0.25, -0.2) is 4.98 Å². The Kier molecular flexibility index (Phi) is 6.45. The lowest BCUT2D eigenvalue weighted by Gasteiger charge is -2.20. The Hall–Kier alpha value is -2.41. The quantitative estimate of drug-likeness (QED) is 0.681. The highest BCUT2D eigenvalue weighted by Crippen LogP contribution is 2.32. The normalized spacial score (nSPS) is 14.8.